The molecule has 3 rings (SSSR count). The summed E-state index contributed by atoms with van der Waals surface area (Å²) in [6, 6.07) is 5.67. The van der Waals surface area contributed by atoms with Crippen molar-refractivity contribution in [1.82, 2.24) is 15.0 Å². The lowest BCUT2D eigenvalue weighted by atomic mass is 10.1. The van der Waals surface area contributed by atoms with E-state index in [1.807, 2.05) is 58.0 Å². The standard InChI is InChI=1S/C18H24N6O2/c1-10(2)16-21-17(23-18(22-16)24(4)5)19-11(3)12-6-7-14-13(8-12)20-15(25)9-26-14/h6-8,10-11H,9H2,1-5H3,(H,20,25)(H,19,21,22,23). The van der Waals surface area contributed by atoms with E-state index < -0.39 is 0 Å². The Kier molecular flexibility index (Phi) is 4.92. The normalized spacial score (nSPS) is 14.3. The molecule has 1 aliphatic rings. The number of rotatable bonds is 5. The van der Waals surface area contributed by atoms with Crippen LogP contribution in [0.4, 0.5) is 17.6 Å². The highest BCUT2D eigenvalue weighted by atomic mass is 16.5. The summed E-state index contributed by atoms with van der Waals surface area (Å²) in [6.45, 7) is 6.17. The van der Waals surface area contributed by atoms with Gasteiger partial charge in [-0.25, -0.2) is 0 Å². The van der Waals surface area contributed by atoms with Gasteiger partial charge in [0.15, 0.2) is 6.61 Å². The minimum Gasteiger partial charge on any atom is -0.482 e. The number of fused-ring (bicyclic) bond motifs is 1. The van der Waals surface area contributed by atoms with Gasteiger partial charge in [-0.05, 0) is 24.6 Å². The fourth-order valence-corrected chi connectivity index (χ4v) is 2.55. The Morgan fingerprint density at radius 1 is 1.19 bits per heavy atom. The van der Waals surface area contributed by atoms with Crippen LogP contribution >= 0.6 is 0 Å². The quantitative estimate of drug-likeness (QED) is 0.850. The van der Waals surface area contributed by atoms with Crippen LogP contribution in [0.5, 0.6) is 5.75 Å². The second-order valence-electron chi connectivity index (χ2n) is 6.82. The third-order valence-electron chi connectivity index (χ3n) is 4.04. The Bertz CT molecular complexity index is 795. The smallest absolute Gasteiger partial charge is 0.262 e. The molecule has 1 unspecified atom stereocenters. The first-order chi connectivity index (χ1) is 12.3. The Morgan fingerprint density at radius 2 is 1.96 bits per heavy atom. The van der Waals surface area contributed by atoms with E-state index in [0.29, 0.717) is 23.3 Å². The molecule has 0 bridgehead atoms. The summed E-state index contributed by atoms with van der Waals surface area (Å²) in [4.78, 5) is 26.9. The van der Waals surface area contributed by atoms with Gasteiger partial charge < -0.3 is 20.3 Å². The molecule has 0 radical (unpaired) electrons. The zero-order valence-electron chi connectivity index (χ0n) is 15.7. The van der Waals surface area contributed by atoms with Crippen LogP contribution in [0.2, 0.25) is 0 Å². The number of amides is 1. The number of nitrogens with zero attached hydrogens (tertiary/aromatic N) is 4. The lowest BCUT2D eigenvalue weighted by Crippen LogP contribution is -2.25. The number of hydrogen-bond acceptors (Lipinski definition) is 7. The molecule has 2 N–H and O–H groups in total. The number of anilines is 3. The number of aromatic nitrogens is 3. The summed E-state index contributed by atoms with van der Waals surface area (Å²) in [5.41, 5.74) is 1.67. The lowest BCUT2D eigenvalue weighted by molar-refractivity contribution is -0.118. The van der Waals surface area contributed by atoms with Gasteiger partial charge >= 0.3 is 0 Å². The Hall–Kier alpha value is -2.90. The van der Waals surface area contributed by atoms with Crippen molar-refractivity contribution in [3.8, 4) is 5.75 Å². The van der Waals surface area contributed by atoms with Gasteiger partial charge in [0.05, 0.1) is 11.7 Å². The largest absolute Gasteiger partial charge is 0.482 e. The SMILES string of the molecule is CC(C)c1nc(NC(C)c2ccc3c(c2)NC(=O)CO3)nc(N(C)C)n1. The van der Waals surface area contributed by atoms with Gasteiger partial charge in [-0.2, -0.15) is 15.0 Å². The highest BCUT2D eigenvalue weighted by Crippen LogP contribution is 2.31. The summed E-state index contributed by atoms with van der Waals surface area (Å²) < 4.78 is 5.40. The predicted molar refractivity (Wildman–Crippen MR) is 101 cm³/mol. The predicted octanol–water partition coefficient (Wildman–Crippen LogP) is 2.57. The van der Waals surface area contributed by atoms with Crippen molar-refractivity contribution in [2.24, 2.45) is 0 Å². The summed E-state index contributed by atoms with van der Waals surface area (Å²) >= 11 is 0. The molecule has 138 valence electrons. The van der Waals surface area contributed by atoms with Crippen LogP contribution in [-0.2, 0) is 4.79 Å². The van der Waals surface area contributed by atoms with Crippen molar-refractivity contribution in [3.05, 3.63) is 29.6 Å². The Labute approximate surface area is 153 Å². The average Bonchev–Trinajstić information content (AvgIpc) is 2.60. The van der Waals surface area contributed by atoms with Crippen molar-refractivity contribution in [2.75, 3.05) is 36.2 Å². The maximum Gasteiger partial charge on any atom is 0.262 e. The Balaban J connectivity index is 1.84. The molecular formula is C18H24N6O2. The molecule has 1 aromatic carbocycles. The van der Waals surface area contributed by atoms with Gasteiger partial charge in [0.25, 0.3) is 5.91 Å². The van der Waals surface area contributed by atoms with Gasteiger partial charge in [0, 0.05) is 20.0 Å². The molecule has 0 spiro atoms. The maximum atomic E-state index is 11.5. The topological polar surface area (TPSA) is 92.3 Å². The van der Waals surface area contributed by atoms with Crippen LogP contribution < -0.4 is 20.3 Å². The summed E-state index contributed by atoms with van der Waals surface area (Å²) in [5, 5.41) is 6.15. The molecule has 1 aliphatic heterocycles. The number of nitrogens with one attached hydrogen (secondary N) is 2. The van der Waals surface area contributed by atoms with Gasteiger partial charge in [0.2, 0.25) is 11.9 Å². The van der Waals surface area contributed by atoms with E-state index in [-0.39, 0.29) is 24.5 Å². The van der Waals surface area contributed by atoms with Gasteiger partial charge in [0.1, 0.15) is 11.6 Å². The third-order valence-corrected chi connectivity index (χ3v) is 4.04. The van der Waals surface area contributed by atoms with Crippen molar-refractivity contribution < 1.29 is 9.53 Å². The van der Waals surface area contributed by atoms with Crippen LogP contribution in [0, 0.1) is 0 Å². The third kappa shape index (κ3) is 3.84. The average molecular weight is 356 g/mol. The van der Waals surface area contributed by atoms with Gasteiger partial charge in [-0.15, -0.1) is 0 Å². The highest BCUT2D eigenvalue weighted by molar-refractivity contribution is 5.95. The lowest BCUT2D eigenvalue weighted by Gasteiger charge is -2.21. The fourth-order valence-electron chi connectivity index (χ4n) is 2.55. The van der Waals surface area contributed by atoms with Crippen LogP contribution in [0.15, 0.2) is 18.2 Å². The van der Waals surface area contributed by atoms with Crippen molar-refractivity contribution in [2.45, 2.75) is 32.7 Å². The van der Waals surface area contributed by atoms with Crippen molar-refractivity contribution in [3.63, 3.8) is 0 Å². The molecule has 0 saturated heterocycles. The molecule has 0 fully saturated rings. The van der Waals surface area contributed by atoms with Crippen LogP contribution in [-0.4, -0.2) is 41.6 Å². The van der Waals surface area contributed by atoms with Crippen molar-refractivity contribution >= 4 is 23.5 Å². The first kappa shape index (κ1) is 17.9. The van der Waals surface area contributed by atoms with Crippen LogP contribution in [0.1, 0.15) is 44.1 Å². The number of ether oxygens (including phenoxy) is 1. The van der Waals surface area contributed by atoms with Crippen LogP contribution in [0.25, 0.3) is 0 Å². The Morgan fingerprint density at radius 3 is 2.65 bits per heavy atom. The molecule has 0 aliphatic carbocycles. The fraction of sp³-hybridized carbons (Fsp3) is 0.444. The minimum absolute atomic E-state index is 0.0519. The summed E-state index contributed by atoms with van der Waals surface area (Å²) in [7, 11) is 3.80. The molecule has 8 nitrogen and oxygen atoms in total. The summed E-state index contributed by atoms with van der Waals surface area (Å²) in [6.07, 6.45) is 0. The molecular weight excluding hydrogens is 332 g/mol. The maximum absolute atomic E-state index is 11.5. The molecule has 2 heterocycles. The molecule has 26 heavy (non-hydrogen) atoms. The molecule has 8 heteroatoms. The second-order valence-corrected chi connectivity index (χ2v) is 6.82. The molecule has 2 aromatic rings. The molecule has 1 atom stereocenters. The van der Waals surface area contributed by atoms with Gasteiger partial charge in [-0.3, -0.25) is 4.79 Å². The summed E-state index contributed by atoms with van der Waals surface area (Å²) in [5.74, 6) is 2.61. The van der Waals surface area contributed by atoms with E-state index in [1.54, 1.807) is 0 Å². The van der Waals surface area contributed by atoms with Crippen LogP contribution in [0.3, 0.4) is 0 Å². The van der Waals surface area contributed by atoms with Crippen molar-refractivity contribution in [1.29, 1.82) is 0 Å². The first-order valence-corrected chi connectivity index (χ1v) is 8.60. The second kappa shape index (κ2) is 7.15. The molecule has 0 saturated carbocycles. The minimum atomic E-state index is -0.148. The monoisotopic (exact) mass is 356 g/mol. The first-order valence-electron chi connectivity index (χ1n) is 8.60. The number of benzene rings is 1. The van der Waals surface area contributed by atoms with E-state index in [4.69, 9.17) is 4.74 Å². The number of carbonyl (C=O) groups is 1. The van der Waals surface area contributed by atoms with E-state index in [9.17, 15) is 4.79 Å². The van der Waals surface area contributed by atoms with E-state index in [1.165, 1.54) is 0 Å². The zero-order chi connectivity index (χ0) is 18.8. The molecule has 1 aromatic heterocycles. The van der Waals surface area contributed by atoms with Gasteiger partial charge in [-0.1, -0.05) is 19.9 Å². The van der Waals surface area contributed by atoms with E-state index in [2.05, 4.69) is 25.6 Å². The number of hydrogen-bond donors (Lipinski definition) is 2. The number of carbonyl (C=O) groups excluding carboxylic acids is 1. The zero-order valence-corrected chi connectivity index (χ0v) is 15.7. The van der Waals surface area contributed by atoms with E-state index >= 15 is 0 Å². The molecule has 1 amide bonds. The van der Waals surface area contributed by atoms with E-state index in [0.717, 1.165) is 11.4 Å². The highest BCUT2D eigenvalue weighted by Gasteiger charge is 2.18.